The van der Waals surface area contributed by atoms with Crippen molar-refractivity contribution in [2.24, 2.45) is 11.3 Å². The normalized spacial score (nSPS) is 17.4. The van der Waals surface area contributed by atoms with Gasteiger partial charge in [-0.3, -0.25) is 5.43 Å². The third-order valence-electron chi connectivity index (χ3n) is 4.63. The Morgan fingerprint density at radius 1 is 1.42 bits per heavy atom. The van der Waals surface area contributed by atoms with Crippen LogP contribution < -0.4 is 10.9 Å². The summed E-state index contributed by atoms with van der Waals surface area (Å²) in [5.41, 5.74) is 7.04. The van der Waals surface area contributed by atoms with Gasteiger partial charge in [-0.1, -0.05) is 20.8 Å². The van der Waals surface area contributed by atoms with E-state index in [2.05, 4.69) is 41.6 Å². The number of amides is 1. The Morgan fingerprint density at radius 2 is 2.21 bits per heavy atom. The number of carbonyl (C=O) groups excluding carboxylic acids is 1. The first-order chi connectivity index (χ1) is 11.4. The molecule has 3 rings (SSSR count). The average molecular weight is 348 g/mol. The first-order valence-electron chi connectivity index (χ1n) is 8.34. The fourth-order valence-corrected chi connectivity index (χ4v) is 4.49. The van der Waals surface area contributed by atoms with E-state index in [1.165, 1.54) is 23.2 Å². The van der Waals surface area contributed by atoms with Crippen LogP contribution >= 0.6 is 11.3 Å². The lowest BCUT2D eigenvalue weighted by atomic mass is 9.72. The highest BCUT2D eigenvalue weighted by atomic mass is 32.1. The van der Waals surface area contributed by atoms with Crippen molar-refractivity contribution in [3.05, 3.63) is 16.8 Å². The lowest BCUT2D eigenvalue weighted by Gasteiger charge is -2.33. The molecule has 2 N–H and O–H groups in total. The van der Waals surface area contributed by atoms with Crippen LogP contribution in [0.15, 0.2) is 6.33 Å². The maximum Gasteiger partial charge on any atom is 0.425 e. The summed E-state index contributed by atoms with van der Waals surface area (Å²) in [6.45, 7) is 9.03. The molecule has 1 aliphatic rings. The molecule has 1 amide bonds. The lowest BCUT2D eigenvalue weighted by Crippen LogP contribution is -2.30. The van der Waals surface area contributed by atoms with Gasteiger partial charge in [0.1, 0.15) is 11.2 Å². The second-order valence-electron chi connectivity index (χ2n) is 7.18. The molecule has 1 unspecified atom stereocenters. The van der Waals surface area contributed by atoms with Gasteiger partial charge in [0, 0.05) is 4.88 Å². The second kappa shape index (κ2) is 6.55. The van der Waals surface area contributed by atoms with Crippen LogP contribution in [-0.4, -0.2) is 22.7 Å². The van der Waals surface area contributed by atoms with Crippen molar-refractivity contribution in [3.8, 4) is 0 Å². The zero-order chi connectivity index (χ0) is 17.3. The first-order valence-corrected chi connectivity index (χ1v) is 9.15. The summed E-state index contributed by atoms with van der Waals surface area (Å²) in [5.74, 6) is 1.32. The molecule has 0 aromatic carbocycles. The summed E-state index contributed by atoms with van der Waals surface area (Å²) in [4.78, 5) is 22.6. The minimum Gasteiger partial charge on any atom is -0.449 e. The van der Waals surface area contributed by atoms with Crippen LogP contribution in [0.1, 0.15) is 44.6 Å². The van der Waals surface area contributed by atoms with E-state index in [0.29, 0.717) is 23.8 Å². The predicted molar refractivity (Wildman–Crippen MR) is 96.2 cm³/mol. The quantitative estimate of drug-likeness (QED) is 0.822. The van der Waals surface area contributed by atoms with Gasteiger partial charge in [-0.15, -0.1) is 11.3 Å². The summed E-state index contributed by atoms with van der Waals surface area (Å²) in [6.07, 6.45) is 4.30. The lowest BCUT2D eigenvalue weighted by molar-refractivity contribution is 0.154. The Labute approximate surface area is 146 Å². The van der Waals surface area contributed by atoms with Crippen molar-refractivity contribution in [2.75, 3.05) is 12.0 Å². The van der Waals surface area contributed by atoms with Gasteiger partial charge in [0.05, 0.1) is 12.0 Å². The van der Waals surface area contributed by atoms with Gasteiger partial charge < -0.3 is 4.74 Å². The highest BCUT2D eigenvalue weighted by molar-refractivity contribution is 7.19. The van der Waals surface area contributed by atoms with E-state index in [0.717, 1.165) is 23.1 Å². The zero-order valence-corrected chi connectivity index (χ0v) is 15.4. The van der Waals surface area contributed by atoms with E-state index in [4.69, 9.17) is 4.74 Å². The minimum absolute atomic E-state index is 0.312. The van der Waals surface area contributed by atoms with Gasteiger partial charge >= 0.3 is 6.09 Å². The number of carbonyl (C=O) groups is 1. The van der Waals surface area contributed by atoms with Crippen molar-refractivity contribution in [1.82, 2.24) is 15.4 Å². The molecule has 0 saturated carbocycles. The Balaban J connectivity index is 1.89. The van der Waals surface area contributed by atoms with Crippen molar-refractivity contribution >= 4 is 33.5 Å². The molecule has 0 saturated heterocycles. The van der Waals surface area contributed by atoms with E-state index >= 15 is 0 Å². The Hall–Kier alpha value is -1.89. The maximum absolute atomic E-state index is 11.5. The van der Waals surface area contributed by atoms with Crippen LogP contribution in [0.3, 0.4) is 0 Å². The fourth-order valence-electron chi connectivity index (χ4n) is 3.22. The number of nitrogens with zero attached hydrogens (tertiary/aromatic N) is 2. The number of ether oxygens (including phenoxy) is 1. The molecule has 7 heteroatoms. The molecule has 1 aliphatic carbocycles. The molecule has 24 heavy (non-hydrogen) atoms. The van der Waals surface area contributed by atoms with Gasteiger partial charge in [-0.05, 0) is 43.1 Å². The standard InChI is InChI=1S/C17H24N4O2S/c1-5-23-16(22)21-20-14-13-11-7-6-10(17(2,3)4)8-12(11)24-15(13)19-9-18-14/h9-10H,5-8H2,1-4H3,(H,21,22)(H,18,19,20). The second-order valence-corrected chi connectivity index (χ2v) is 8.27. The molecule has 2 aromatic rings. The molecule has 6 nitrogen and oxygen atoms in total. The molecule has 0 bridgehead atoms. The fraction of sp³-hybridized carbons (Fsp3) is 0.588. The number of hydrogen-bond acceptors (Lipinski definition) is 6. The number of aryl methyl sites for hydroxylation is 1. The van der Waals surface area contributed by atoms with E-state index in [9.17, 15) is 4.79 Å². The van der Waals surface area contributed by atoms with Crippen LogP contribution in [0, 0.1) is 11.3 Å². The summed E-state index contributed by atoms with van der Waals surface area (Å²) >= 11 is 1.74. The molecule has 130 valence electrons. The van der Waals surface area contributed by atoms with E-state index < -0.39 is 6.09 Å². The Morgan fingerprint density at radius 3 is 2.92 bits per heavy atom. The predicted octanol–water partition coefficient (Wildman–Crippen LogP) is 3.92. The average Bonchev–Trinajstić information content (AvgIpc) is 2.90. The third kappa shape index (κ3) is 3.31. The largest absolute Gasteiger partial charge is 0.449 e. The van der Waals surface area contributed by atoms with Crippen LogP contribution in [0.25, 0.3) is 10.2 Å². The van der Waals surface area contributed by atoms with Gasteiger partial charge in [-0.2, -0.15) is 0 Å². The molecule has 2 aromatic heterocycles. The highest BCUT2D eigenvalue weighted by Gasteiger charge is 2.31. The molecule has 2 heterocycles. The monoisotopic (exact) mass is 348 g/mol. The van der Waals surface area contributed by atoms with Crippen molar-refractivity contribution in [2.45, 2.75) is 47.0 Å². The number of anilines is 1. The third-order valence-corrected chi connectivity index (χ3v) is 5.79. The highest BCUT2D eigenvalue weighted by Crippen LogP contribution is 2.44. The van der Waals surface area contributed by atoms with E-state index in [1.54, 1.807) is 18.3 Å². The zero-order valence-electron chi connectivity index (χ0n) is 14.6. The minimum atomic E-state index is -0.513. The molecule has 0 radical (unpaired) electrons. The molecular formula is C17H24N4O2S. The SMILES string of the molecule is CCOC(=O)NNc1ncnc2sc3c(c12)CCC(C(C)(C)C)C3. The molecular weight excluding hydrogens is 324 g/mol. The van der Waals surface area contributed by atoms with Gasteiger partial charge in [0.25, 0.3) is 0 Å². The number of fused-ring (bicyclic) bond motifs is 3. The number of nitrogens with one attached hydrogen (secondary N) is 2. The van der Waals surface area contributed by atoms with Crippen molar-refractivity contribution in [3.63, 3.8) is 0 Å². The summed E-state index contributed by atoms with van der Waals surface area (Å²) in [5, 5.41) is 1.03. The van der Waals surface area contributed by atoms with Gasteiger partial charge in [0.15, 0.2) is 5.82 Å². The number of hydrogen-bond donors (Lipinski definition) is 2. The van der Waals surface area contributed by atoms with E-state index in [1.807, 2.05) is 0 Å². The summed E-state index contributed by atoms with van der Waals surface area (Å²) < 4.78 is 4.87. The smallest absolute Gasteiger partial charge is 0.425 e. The molecule has 1 atom stereocenters. The number of thiophene rings is 1. The maximum atomic E-state index is 11.5. The van der Waals surface area contributed by atoms with E-state index in [-0.39, 0.29) is 0 Å². The van der Waals surface area contributed by atoms with Crippen molar-refractivity contribution < 1.29 is 9.53 Å². The molecule has 0 fully saturated rings. The van der Waals surface area contributed by atoms with Crippen LogP contribution in [-0.2, 0) is 17.6 Å². The summed E-state index contributed by atoms with van der Waals surface area (Å²) in [6, 6.07) is 0. The molecule has 0 spiro atoms. The number of aromatic nitrogens is 2. The van der Waals surface area contributed by atoms with Gasteiger partial charge in [0.2, 0.25) is 0 Å². The number of hydrazine groups is 1. The van der Waals surface area contributed by atoms with Crippen LogP contribution in [0.4, 0.5) is 10.6 Å². The van der Waals surface area contributed by atoms with Crippen LogP contribution in [0.2, 0.25) is 0 Å². The molecule has 0 aliphatic heterocycles. The Bertz CT molecular complexity index is 751. The van der Waals surface area contributed by atoms with Crippen LogP contribution in [0.5, 0.6) is 0 Å². The van der Waals surface area contributed by atoms with Gasteiger partial charge in [-0.25, -0.2) is 20.2 Å². The Kier molecular flexibility index (Phi) is 4.62. The topological polar surface area (TPSA) is 76.1 Å². The number of rotatable bonds is 3. The first kappa shape index (κ1) is 17.0. The summed E-state index contributed by atoms with van der Waals surface area (Å²) in [7, 11) is 0. The van der Waals surface area contributed by atoms with Crippen molar-refractivity contribution in [1.29, 1.82) is 0 Å².